The maximum absolute atomic E-state index is 12.4. The van der Waals surface area contributed by atoms with E-state index in [4.69, 9.17) is 4.74 Å². The molecule has 1 unspecified atom stereocenters. The van der Waals surface area contributed by atoms with E-state index < -0.39 is 6.10 Å². The maximum Gasteiger partial charge on any atom is 0.260 e. The first-order valence-corrected chi connectivity index (χ1v) is 9.60. The molecule has 2 aromatic carbocycles. The van der Waals surface area contributed by atoms with Crippen molar-refractivity contribution in [2.24, 2.45) is 0 Å². The van der Waals surface area contributed by atoms with E-state index in [0.29, 0.717) is 24.8 Å². The normalized spacial score (nSPS) is 14.6. The van der Waals surface area contributed by atoms with Crippen molar-refractivity contribution in [3.8, 4) is 5.75 Å². The number of aromatic nitrogens is 2. The second-order valence-corrected chi connectivity index (χ2v) is 7.15. The van der Waals surface area contributed by atoms with Gasteiger partial charge < -0.3 is 10.1 Å². The van der Waals surface area contributed by atoms with Crippen LogP contribution in [0.4, 0.5) is 0 Å². The molecule has 1 saturated carbocycles. The van der Waals surface area contributed by atoms with Gasteiger partial charge in [0.1, 0.15) is 5.75 Å². The molecule has 0 radical (unpaired) electrons. The highest BCUT2D eigenvalue weighted by Gasteiger charge is 2.25. The molecule has 1 atom stereocenters. The summed E-state index contributed by atoms with van der Waals surface area (Å²) < 4.78 is 7.39. The van der Waals surface area contributed by atoms with Crippen LogP contribution in [-0.4, -0.2) is 28.1 Å². The summed E-state index contributed by atoms with van der Waals surface area (Å²) in [6.45, 7) is 2.44. The Kier molecular flexibility index (Phi) is 5.10. The van der Waals surface area contributed by atoms with Crippen LogP contribution in [0, 0.1) is 0 Å². The lowest BCUT2D eigenvalue weighted by Gasteiger charge is -2.16. The number of fused-ring (bicyclic) bond motifs is 1. The minimum atomic E-state index is -0.641. The summed E-state index contributed by atoms with van der Waals surface area (Å²) in [5, 5.41) is 4.86. The number of rotatable bonds is 7. The molecule has 1 N–H and O–H groups in total. The number of carbonyl (C=O) groups excluding carboxylic acids is 1. The summed E-state index contributed by atoms with van der Waals surface area (Å²) in [5.41, 5.74) is 0.800. The molecule has 28 heavy (non-hydrogen) atoms. The van der Waals surface area contributed by atoms with Gasteiger partial charge in [0, 0.05) is 30.5 Å². The molecule has 144 valence electrons. The highest BCUT2D eigenvalue weighted by Crippen LogP contribution is 2.38. The minimum absolute atomic E-state index is 0.0776. The maximum atomic E-state index is 12.4. The lowest BCUT2D eigenvalue weighted by atomic mass is 10.1. The van der Waals surface area contributed by atoms with E-state index in [1.807, 2.05) is 42.5 Å². The summed E-state index contributed by atoms with van der Waals surface area (Å²) in [6, 6.07) is 15.3. The zero-order chi connectivity index (χ0) is 19.5. The van der Waals surface area contributed by atoms with Crippen molar-refractivity contribution < 1.29 is 9.53 Å². The van der Waals surface area contributed by atoms with Crippen LogP contribution in [-0.2, 0) is 11.3 Å². The molecule has 1 heterocycles. The van der Waals surface area contributed by atoms with Gasteiger partial charge in [-0.15, -0.1) is 0 Å². The van der Waals surface area contributed by atoms with E-state index in [2.05, 4.69) is 10.3 Å². The molecular weight excluding hydrogens is 354 g/mol. The van der Waals surface area contributed by atoms with Gasteiger partial charge in [-0.2, -0.15) is 0 Å². The fourth-order valence-electron chi connectivity index (χ4n) is 3.20. The third kappa shape index (κ3) is 4.06. The zero-order valence-corrected chi connectivity index (χ0v) is 15.8. The Balaban J connectivity index is 1.33. The molecular formula is C22H23N3O3. The highest BCUT2D eigenvalue weighted by molar-refractivity contribution is 5.89. The number of nitrogens with zero attached hydrogens (tertiary/aromatic N) is 2. The fraction of sp³-hybridized carbons (Fsp3) is 0.318. The molecule has 0 bridgehead atoms. The number of nitrogens with one attached hydrogen (secondary N) is 1. The smallest absolute Gasteiger partial charge is 0.260 e. The number of hydrogen-bond donors (Lipinski definition) is 1. The predicted octanol–water partition coefficient (Wildman–Crippen LogP) is 2.86. The van der Waals surface area contributed by atoms with E-state index in [1.54, 1.807) is 19.3 Å². The molecule has 6 nitrogen and oxygen atoms in total. The largest absolute Gasteiger partial charge is 0.480 e. The van der Waals surface area contributed by atoms with Crippen LogP contribution >= 0.6 is 0 Å². The van der Waals surface area contributed by atoms with Crippen molar-refractivity contribution in [3.63, 3.8) is 0 Å². The van der Waals surface area contributed by atoms with Crippen LogP contribution in [0.25, 0.3) is 10.8 Å². The molecule has 3 aromatic rings. The fourth-order valence-corrected chi connectivity index (χ4v) is 3.20. The van der Waals surface area contributed by atoms with Crippen LogP contribution in [0.2, 0.25) is 0 Å². The van der Waals surface area contributed by atoms with Gasteiger partial charge in [0.15, 0.2) is 6.10 Å². The van der Waals surface area contributed by atoms with Crippen LogP contribution in [0.5, 0.6) is 5.75 Å². The van der Waals surface area contributed by atoms with Crippen molar-refractivity contribution in [3.05, 3.63) is 70.9 Å². The van der Waals surface area contributed by atoms with Gasteiger partial charge in [-0.1, -0.05) is 36.4 Å². The number of hydrogen-bond acceptors (Lipinski definition) is 4. The second kappa shape index (κ2) is 7.84. The molecule has 0 spiro atoms. The number of benzene rings is 2. The summed E-state index contributed by atoms with van der Waals surface area (Å²) in [7, 11) is 0. The predicted molar refractivity (Wildman–Crippen MR) is 108 cm³/mol. The van der Waals surface area contributed by atoms with Gasteiger partial charge in [0.05, 0.1) is 12.0 Å². The summed E-state index contributed by atoms with van der Waals surface area (Å²) in [4.78, 5) is 28.8. The highest BCUT2D eigenvalue weighted by atomic mass is 16.5. The van der Waals surface area contributed by atoms with Crippen molar-refractivity contribution in [1.29, 1.82) is 0 Å². The quantitative estimate of drug-likeness (QED) is 0.687. The SMILES string of the molecule is CC(Oc1cccc2ccccc12)C(=O)NCCn1cnc(C2CC2)cc1=O. The zero-order valence-electron chi connectivity index (χ0n) is 15.8. The number of amides is 1. The van der Waals surface area contributed by atoms with Crippen molar-refractivity contribution >= 4 is 16.7 Å². The van der Waals surface area contributed by atoms with Gasteiger partial charge in [-0.05, 0) is 31.2 Å². The first kappa shape index (κ1) is 18.2. The Morgan fingerprint density at radius 2 is 2.04 bits per heavy atom. The lowest BCUT2D eigenvalue weighted by Crippen LogP contribution is -2.38. The first-order chi connectivity index (χ1) is 13.6. The number of carbonyl (C=O) groups is 1. The molecule has 4 rings (SSSR count). The Morgan fingerprint density at radius 1 is 1.25 bits per heavy atom. The van der Waals surface area contributed by atoms with E-state index in [1.165, 1.54) is 4.57 Å². The lowest BCUT2D eigenvalue weighted by molar-refractivity contribution is -0.127. The molecule has 1 amide bonds. The van der Waals surface area contributed by atoms with Crippen molar-refractivity contribution in [2.75, 3.05) is 6.54 Å². The average Bonchev–Trinajstić information content (AvgIpc) is 3.54. The van der Waals surface area contributed by atoms with Crippen LogP contribution in [0.3, 0.4) is 0 Å². The average molecular weight is 377 g/mol. The van der Waals surface area contributed by atoms with E-state index >= 15 is 0 Å². The minimum Gasteiger partial charge on any atom is -0.480 e. The third-order valence-electron chi connectivity index (χ3n) is 4.97. The molecule has 1 fully saturated rings. The van der Waals surface area contributed by atoms with Crippen molar-refractivity contribution in [1.82, 2.24) is 14.9 Å². The summed E-state index contributed by atoms with van der Waals surface area (Å²) in [6.07, 6.45) is 3.15. The van der Waals surface area contributed by atoms with Crippen molar-refractivity contribution in [2.45, 2.75) is 38.3 Å². The topological polar surface area (TPSA) is 73.2 Å². The molecule has 1 aliphatic rings. The summed E-state index contributed by atoms with van der Waals surface area (Å²) in [5.74, 6) is 0.912. The molecule has 0 saturated heterocycles. The molecule has 6 heteroatoms. The Morgan fingerprint density at radius 3 is 2.82 bits per heavy atom. The molecule has 1 aromatic heterocycles. The van der Waals surface area contributed by atoms with Gasteiger partial charge in [-0.3, -0.25) is 14.2 Å². The summed E-state index contributed by atoms with van der Waals surface area (Å²) >= 11 is 0. The monoisotopic (exact) mass is 377 g/mol. The number of ether oxygens (including phenoxy) is 1. The Bertz CT molecular complexity index is 1050. The van der Waals surface area contributed by atoms with Crippen LogP contribution < -0.4 is 15.6 Å². The Labute approximate surface area is 163 Å². The first-order valence-electron chi connectivity index (χ1n) is 9.60. The van der Waals surface area contributed by atoms with Gasteiger partial charge >= 0.3 is 0 Å². The van der Waals surface area contributed by atoms with E-state index in [-0.39, 0.29) is 11.5 Å². The second-order valence-electron chi connectivity index (χ2n) is 7.15. The van der Waals surface area contributed by atoms with E-state index in [9.17, 15) is 9.59 Å². The van der Waals surface area contributed by atoms with Gasteiger partial charge in [0.25, 0.3) is 11.5 Å². The van der Waals surface area contributed by atoms with Crippen LogP contribution in [0.1, 0.15) is 31.4 Å². The van der Waals surface area contributed by atoms with Crippen LogP contribution in [0.15, 0.2) is 59.7 Å². The Hall–Kier alpha value is -3.15. The van der Waals surface area contributed by atoms with Gasteiger partial charge in [-0.25, -0.2) is 4.98 Å². The molecule has 1 aliphatic carbocycles. The van der Waals surface area contributed by atoms with E-state index in [0.717, 1.165) is 29.3 Å². The van der Waals surface area contributed by atoms with Gasteiger partial charge in [0.2, 0.25) is 0 Å². The standard InChI is InChI=1S/C22H23N3O3/c1-15(28-20-8-4-6-16-5-2-3-7-18(16)20)22(27)23-11-12-25-14-24-19(13-21(25)26)17-9-10-17/h2-8,13-15,17H,9-12H2,1H3,(H,23,27). The third-order valence-corrected chi connectivity index (χ3v) is 4.97. The molecule has 0 aliphatic heterocycles.